The molecule has 2 heterocycles. The number of ether oxygens (including phenoxy) is 6. The van der Waals surface area contributed by atoms with Crippen molar-refractivity contribution < 1.29 is 109 Å². The lowest BCUT2D eigenvalue weighted by atomic mass is 9.96. The fraction of sp³-hybridized carbons (Fsp3) is 0.933. The van der Waals surface area contributed by atoms with Crippen LogP contribution in [0.3, 0.4) is 0 Å². The van der Waals surface area contributed by atoms with Gasteiger partial charge in [0.2, 0.25) is 31.2 Å². The molecular weight excluding hydrogens is 692 g/mol. The van der Waals surface area contributed by atoms with Gasteiger partial charge < -0.3 is 57.2 Å². The van der Waals surface area contributed by atoms with E-state index in [4.69, 9.17) is 32.6 Å². The first-order valence-corrected chi connectivity index (χ1v) is 15.4. The molecule has 0 aromatic carbocycles. The number of aliphatic carboxylic acids is 1. The summed E-state index contributed by atoms with van der Waals surface area (Å²) < 4.78 is 155. The van der Waals surface area contributed by atoms with Gasteiger partial charge in [-0.15, -0.1) is 4.33 Å². The van der Waals surface area contributed by atoms with Crippen molar-refractivity contribution in [3.8, 4) is 0 Å². The molecular formula is C15H21O24S4-5. The van der Waals surface area contributed by atoms with Crippen molar-refractivity contribution in [2.24, 2.45) is 0 Å². The predicted octanol–water partition coefficient (Wildman–Crippen LogP) is -6.41. The van der Waals surface area contributed by atoms with E-state index in [-0.39, 0.29) is 12.3 Å². The molecule has 2 aliphatic heterocycles. The van der Waals surface area contributed by atoms with Crippen LogP contribution in [-0.4, -0.2) is 134 Å². The predicted molar refractivity (Wildman–Crippen MR) is 115 cm³/mol. The molecule has 10 atom stereocenters. The van der Waals surface area contributed by atoms with Crippen molar-refractivity contribution >= 4 is 49.5 Å². The molecule has 0 aromatic heterocycles. The minimum atomic E-state index is -5.73. The van der Waals surface area contributed by atoms with Crippen LogP contribution < -0.4 is 10.4 Å². The second kappa shape index (κ2) is 16.0. The third-order valence-corrected chi connectivity index (χ3v) is 7.18. The summed E-state index contributed by atoms with van der Waals surface area (Å²) in [5.41, 5.74) is 0. The average Bonchev–Trinajstić information content (AvgIpc) is 2.87. The SMILES string of the molecule is COC1C(OS(=O)(=O)[O-])[C@@H](OC)O[C@@H](COS(=O)(=O)[O-])[C@H]1O[C@@H]1OC(C(=O)[O-])[C@@H](OSOO[O-])[C@@H](OC)C1OS(=O)(=O)[O-]. The zero-order chi connectivity index (χ0) is 32.8. The molecule has 254 valence electrons. The quantitative estimate of drug-likeness (QED) is 0.0337. The highest BCUT2D eigenvalue weighted by Crippen LogP contribution is 2.36. The van der Waals surface area contributed by atoms with Crippen LogP contribution in [0.4, 0.5) is 0 Å². The smallest absolute Gasteiger partial charge is 0.218 e. The van der Waals surface area contributed by atoms with Gasteiger partial charge in [0.25, 0.3) is 0 Å². The van der Waals surface area contributed by atoms with Crippen molar-refractivity contribution in [3.05, 3.63) is 0 Å². The first kappa shape index (κ1) is 38.2. The Balaban J connectivity index is 2.61. The maximum Gasteiger partial charge on any atom is 0.218 e. The second-order valence-corrected chi connectivity index (χ2v) is 11.5. The van der Waals surface area contributed by atoms with Gasteiger partial charge in [-0.05, 0) is 0 Å². The topological polar surface area (TPSA) is 346 Å². The van der Waals surface area contributed by atoms with Gasteiger partial charge in [-0.2, -0.15) is 0 Å². The van der Waals surface area contributed by atoms with Crippen LogP contribution in [0.5, 0.6) is 0 Å². The van der Waals surface area contributed by atoms with Crippen LogP contribution in [0, 0.1) is 0 Å². The van der Waals surface area contributed by atoms with Gasteiger partial charge in [0.15, 0.2) is 37.1 Å². The summed E-state index contributed by atoms with van der Waals surface area (Å²) in [6.07, 6.45) is -20.9. The van der Waals surface area contributed by atoms with Gasteiger partial charge in [-0.3, -0.25) is 21.8 Å². The third kappa shape index (κ3) is 11.4. The molecule has 0 aromatic rings. The highest BCUT2D eigenvalue weighted by molar-refractivity contribution is 7.89. The number of carbonyl (C=O) groups excluding carboxylic acids is 1. The van der Waals surface area contributed by atoms with Gasteiger partial charge in [-0.25, -0.2) is 25.3 Å². The van der Waals surface area contributed by atoms with Crippen LogP contribution in [0.25, 0.3) is 0 Å². The summed E-state index contributed by atoms with van der Waals surface area (Å²) in [5, 5.41) is 25.0. The Morgan fingerprint density at radius 2 is 1.28 bits per heavy atom. The van der Waals surface area contributed by atoms with Gasteiger partial charge in [0, 0.05) is 21.3 Å². The van der Waals surface area contributed by atoms with E-state index in [1.807, 2.05) is 0 Å². The maximum absolute atomic E-state index is 11.9. The fourth-order valence-corrected chi connectivity index (χ4v) is 5.58. The summed E-state index contributed by atoms with van der Waals surface area (Å²) in [6, 6.07) is 0. The molecule has 2 fully saturated rings. The summed E-state index contributed by atoms with van der Waals surface area (Å²) in [5.74, 6) is -2.11. The van der Waals surface area contributed by atoms with Crippen molar-refractivity contribution in [2.75, 3.05) is 27.9 Å². The molecule has 2 saturated heterocycles. The average molecular weight is 714 g/mol. The Bertz CT molecular complexity index is 1220. The second-order valence-electron chi connectivity index (χ2n) is 7.92. The normalized spacial score (nSPS) is 34.2. The molecule has 0 bridgehead atoms. The summed E-state index contributed by atoms with van der Waals surface area (Å²) in [6.45, 7) is -1.25. The fourth-order valence-electron chi connectivity index (χ4n) is 3.97. The molecule has 0 spiro atoms. The Kier molecular flexibility index (Phi) is 14.3. The van der Waals surface area contributed by atoms with E-state index >= 15 is 0 Å². The molecule has 4 unspecified atom stereocenters. The monoisotopic (exact) mass is 713 g/mol. The Labute approximate surface area is 247 Å². The molecule has 0 aliphatic carbocycles. The van der Waals surface area contributed by atoms with E-state index in [0.717, 1.165) is 21.3 Å². The first-order chi connectivity index (χ1) is 19.9. The van der Waals surface area contributed by atoms with Gasteiger partial charge in [0.1, 0.15) is 36.6 Å². The lowest BCUT2D eigenvalue weighted by Gasteiger charge is -2.49. The molecule has 2 rings (SSSR count). The largest absolute Gasteiger partial charge is 0.726 e. The number of methoxy groups -OCH3 is 3. The Morgan fingerprint density at radius 1 is 0.744 bits per heavy atom. The highest BCUT2D eigenvalue weighted by atomic mass is 32.3. The number of carboxylic acids is 1. The standard InChI is InChI=1S/C15H26O24S4/c1-28-7-6(5(4-31-41(19,20)21)32-14(30-3)11(7)36-42(22,23)24)33-15-12(37-43(25,26)27)8(29-2)9(35-40-39-38-18)10(34-15)13(16)17/h5-12,14-15,18H,4H2,1-3H3,(H,16,17)(H,19,20,21)(H,22,23,24)(H,25,26,27)/p-5/t5-,6+,7?,8+,9-,10?,11?,12?,14-,15+/m0/s1. The van der Waals surface area contributed by atoms with E-state index in [0.29, 0.717) is 0 Å². The minimum Gasteiger partial charge on any atom is -0.726 e. The summed E-state index contributed by atoms with van der Waals surface area (Å²) in [4.78, 5) is 11.9. The zero-order valence-electron chi connectivity index (χ0n) is 21.4. The van der Waals surface area contributed by atoms with Crippen LogP contribution >= 0.6 is 12.3 Å². The molecule has 2 aliphatic rings. The number of hydrogen-bond donors (Lipinski definition) is 0. The minimum absolute atomic E-state index is 0.291. The molecule has 0 saturated carbocycles. The summed E-state index contributed by atoms with van der Waals surface area (Å²) >= 11 is -0.291. The summed E-state index contributed by atoms with van der Waals surface area (Å²) in [7, 11) is -14.1. The van der Waals surface area contributed by atoms with Gasteiger partial charge in [0.05, 0.1) is 12.6 Å². The van der Waals surface area contributed by atoms with Crippen LogP contribution in [-0.2, 0) is 90.5 Å². The number of hydrogen-bond acceptors (Lipinski definition) is 25. The van der Waals surface area contributed by atoms with Crippen molar-refractivity contribution in [3.63, 3.8) is 0 Å². The number of rotatable bonds is 17. The van der Waals surface area contributed by atoms with Crippen molar-refractivity contribution in [2.45, 2.75) is 61.4 Å². The van der Waals surface area contributed by atoms with Crippen LogP contribution in [0.15, 0.2) is 0 Å². The van der Waals surface area contributed by atoms with Crippen molar-refractivity contribution in [1.82, 2.24) is 0 Å². The van der Waals surface area contributed by atoms with Gasteiger partial charge in [-0.1, -0.05) is 0 Å². The van der Waals surface area contributed by atoms with Gasteiger partial charge >= 0.3 is 0 Å². The third-order valence-electron chi connectivity index (χ3n) is 5.43. The van der Waals surface area contributed by atoms with Crippen molar-refractivity contribution in [1.29, 1.82) is 0 Å². The lowest BCUT2D eigenvalue weighted by Crippen LogP contribution is -2.67. The van der Waals surface area contributed by atoms with E-state index in [2.05, 4.69) is 21.9 Å². The molecule has 24 nitrogen and oxygen atoms in total. The maximum atomic E-state index is 11.9. The van der Waals surface area contributed by atoms with E-state index < -0.39 is 105 Å². The molecule has 0 amide bonds. The first-order valence-electron chi connectivity index (χ1n) is 10.8. The lowest BCUT2D eigenvalue weighted by molar-refractivity contribution is -0.777. The zero-order valence-corrected chi connectivity index (χ0v) is 24.7. The van der Waals surface area contributed by atoms with Crippen LogP contribution in [0.1, 0.15) is 0 Å². The molecule has 28 heteroatoms. The number of carbonyl (C=O) groups is 1. The van der Waals surface area contributed by atoms with Crippen LogP contribution in [0.2, 0.25) is 0 Å². The highest BCUT2D eigenvalue weighted by Gasteiger charge is 2.55. The Morgan fingerprint density at radius 3 is 1.72 bits per heavy atom. The number of carboxylic acid groups (broad SMARTS) is 1. The van der Waals surface area contributed by atoms with E-state index in [1.54, 1.807) is 0 Å². The molecule has 0 N–H and O–H groups in total. The van der Waals surface area contributed by atoms with E-state index in [1.165, 1.54) is 0 Å². The molecule has 0 radical (unpaired) electrons. The Hall–Kier alpha value is -0.970. The molecule has 43 heavy (non-hydrogen) atoms. The van der Waals surface area contributed by atoms with E-state index in [9.17, 15) is 54.1 Å².